The summed E-state index contributed by atoms with van der Waals surface area (Å²) in [4.78, 5) is 35.6. The molecule has 0 saturated heterocycles. The first-order valence-electron chi connectivity index (χ1n) is 57.4. The van der Waals surface area contributed by atoms with Crippen LogP contribution in [0.4, 0.5) is 40.8 Å². The van der Waals surface area contributed by atoms with Gasteiger partial charge in [0, 0.05) is 110 Å². The molecule has 8 aliphatic carbocycles. The van der Waals surface area contributed by atoms with E-state index in [2.05, 4.69) is 102 Å². The van der Waals surface area contributed by atoms with Gasteiger partial charge < -0.3 is 101 Å². The van der Waals surface area contributed by atoms with Crippen molar-refractivity contribution in [2.75, 3.05) is 96.8 Å². The maximum atomic E-state index is 14.3. The van der Waals surface area contributed by atoms with Crippen molar-refractivity contribution in [1.82, 2.24) is 99.8 Å². The summed E-state index contributed by atoms with van der Waals surface area (Å²) in [5.41, 5.74) is -1.60. The molecule has 16 N–H and O–H groups in total. The van der Waals surface area contributed by atoms with Crippen molar-refractivity contribution in [1.29, 1.82) is 0 Å². The monoisotopic (exact) mass is 2090 g/mol. The molecule has 12 aromatic rings. The summed E-state index contributed by atoms with van der Waals surface area (Å²) in [6, 6.07) is 7.37. The summed E-state index contributed by atoms with van der Waals surface area (Å²) in [7, 11) is 0. The minimum absolute atomic E-state index is 0.00771. The van der Waals surface area contributed by atoms with E-state index in [0.717, 1.165) is 41.7 Å². The Bertz CT molecular complexity index is 7660. The summed E-state index contributed by atoms with van der Waals surface area (Å²) in [6.45, 7) is -0.259. The Morgan fingerprint density at radius 1 is 0.347 bits per heavy atom. The number of anilines is 4. The molecule has 0 aliphatic heterocycles. The number of hydrogen-bond acceptors (Lipinski definition) is 40. The molecule has 144 heavy (non-hydrogen) atoms. The van der Waals surface area contributed by atoms with E-state index in [-0.39, 0.29) is 167 Å². The summed E-state index contributed by atoms with van der Waals surface area (Å²) in [5, 5.41) is 168. The Morgan fingerprint density at radius 2 is 0.625 bits per heavy atom. The zero-order valence-electron chi connectivity index (χ0n) is 101. The molecular weight excluding hydrogens is 1950 g/mol. The van der Waals surface area contributed by atoms with Gasteiger partial charge in [-0.1, -0.05) is 144 Å². The van der Waals surface area contributed by atoms with Crippen LogP contribution in [0.3, 0.4) is 0 Å². The van der Waals surface area contributed by atoms with Crippen molar-refractivity contribution >= 4 is 115 Å². The van der Waals surface area contributed by atoms with Gasteiger partial charge in [-0.2, -0.15) is 0 Å². The van der Waals surface area contributed by atoms with Gasteiger partial charge in [-0.25, -0.2) is 76.2 Å². The lowest BCUT2D eigenvalue weighted by molar-refractivity contribution is -0.0629. The van der Waals surface area contributed by atoms with Gasteiger partial charge in [0.1, 0.15) is 72.1 Å². The second-order valence-electron chi connectivity index (χ2n) is 34.9. The third kappa shape index (κ3) is 23.8. The smallest absolute Gasteiger partial charge is 0.191 e. The third-order valence-electron chi connectivity index (χ3n) is 25.1. The van der Waals surface area contributed by atoms with E-state index >= 15 is 0 Å². The molecule has 0 unspecified atom stereocenters. The number of ether oxygens (including phenoxy) is 4. The number of nitrogens with one attached hydrogen (secondary N) is 4. The Hall–Kier alpha value is -9.52. The molecule has 776 valence electrons. The van der Waals surface area contributed by atoms with Crippen LogP contribution in [0.5, 0.6) is 0 Å². The summed E-state index contributed by atoms with van der Waals surface area (Å²) >= 11 is 3.53. The number of nitrogens with zero attached hydrogens (tertiary/aromatic N) is 20. The minimum Gasteiger partial charge on any atom is -0.394 e. The molecule has 40 nitrogen and oxygen atoms in total. The maximum absolute atomic E-state index is 14.3. The van der Waals surface area contributed by atoms with E-state index in [1.54, 1.807) is 97.0 Å². The standard InChI is InChI=1S/4C24H31FN6O4S/c4*1-3-8-36-24-27-22(26-16-10-14(16)13-5-4-12(2)15(25)9-13)19-23(28-24)31(30-29-19)17-11-18(35-7-6-32)21(34)20(17)33/h4*4-5,9,14,16-18,20-21,32-34H,3,6-8,10-11H2,1-2H3,(H,26,27,28)/t4*14-,16+,17+,18-,20-,21+/m0000/s1/i7D2,8D2,14D,16D;6D2,8D2,14D,16D;6D2,7D2,14D,16D;8D2,14D,16D. The van der Waals surface area contributed by atoms with E-state index in [0.29, 0.717) is 55.4 Å². The molecule has 8 aromatic heterocycles. The fourth-order valence-electron chi connectivity index (χ4n) is 17.1. The molecule has 8 fully saturated rings. The molecule has 0 amide bonds. The number of halogens is 4. The third-order valence-corrected chi connectivity index (χ3v) is 28.5. The highest BCUT2D eigenvalue weighted by Gasteiger charge is 2.51. The van der Waals surface area contributed by atoms with E-state index < -0.39 is 225 Å². The van der Waals surface area contributed by atoms with E-state index in [9.17, 15) is 73.7 Å². The van der Waals surface area contributed by atoms with Gasteiger partial charge in [0.25, 0.3) is 0 Å². The van der Waals surface area contributed by atoms with Gasteiger partial charge in [-0.3, -0.25) is 0 Å². The molecule has 0 spiro atoms. The summed E-state index contributed by atoms with van der Waals surface area (Å²) in [5.74, 6) is -7.15. The van der Waals surface area contributed by atoms with Crippen LogP contribution in [0.2, 0.25) is 0 Å². The van der Waals surface area contributed by atoms with Crippen LogP contribution in [0.15, 0.2) is 93.4 Å². The molecule has 0 radical (unpaired) electrons. The highest BCUT2D eigenvalue weighted by molar-refractivity contribution is 7.99. The van der Waals surface area contributed by atoms with Crippen molar-refractivity contribution in [3.8, 4) is 0 Å². The average molecular weight is 2100 g/mol. The topological polar surface area (TPSA) is 554 Å². The van der Waals surface area contributed by atoms with Gasteiger partial charge in [-0.15, -0.1) is 20.4 Å². The first-order valence-corrected chi connectivity index (χ1v) is 49.9. The van der Waals surface area contributed by atoms with Crippen molar-refractivity contribution < 1.29 is 128 Å². The Kier molecular flexibility index (Phi) is 26.5. The number of benzene rings is 4. The maximum Gasteiger partial charge on any atom is 0.191 e. The van der Waals surface area contributed by atoms with E-state index in [4.69, 9.17) is 54.2 Å². The fourth-order valence-corrected chi connectivity index (χ4v) is 19.4. The second-order valence-corrected chi connectivity index (χ2v) is 38.5. The second kappa shape index (κ2) is 47.3. The fraction of sp³-hybridized carbons (Fsp3) is 0.583. The van der Waals surface area contributed by atoms with E-state index in [1.807, 2.05) is 6.92 Å². The lowest BCUT2D eigenvalue weighted by Crippen LogP contribution is -2.33. The van der Waals surface area contributed by atoms with E-state index in [1.165, 1.54) is 54.8 Å². The Balaban J connectivity index is 0.000000148. The number of aryl methyl sites for hydroxylation is 4. The lowest BCUT2D eigenvalue weighted by Gasteiger charge is -2.17. The zero-order chi connectivity index (χ0) is 122. The first kappa shape index (κ1) is 80.5. The van der Waals surface area contributed by atoms with Crippen molar-refractivity contribution in [3.05, 3.63) is 141 Å². The predicted octanol–water partition coefficient (Wildman–Crippen LogP) is 8.73. The molecule has 8 saturated carbocycles. The van der Waals surface area contributed by atoms with Crippen LogP contribution in [-0.4, -0.2) is 334 Å². The molecular formula is C96H124F4N24O16S4. The number of aromatic nitrogens is 20. The molecule has 24 atom stereocenters. The average Bonchev–Trinajstić information content (AvgIpc) is 1.54. The molecule has 8 aliphatic rings. The van der Waals surface area contributed by atoms with Crippen LogP contribution in [0.25, 0.3) is 44.7 Å². The van der Waals surface area contributed by atoms with Crippen LogP contribution in [0.1, 0.15) is 227 Å². The van der Waals surface area contributed by atoms with Crippen LogP contribution < -0.4 is 21.3 Å². The first-order chi connectivity index (χ1) is 77.3. The van der Waals surface area contributed by atoms with Gasteiger partial charge in [0.15, 0.2) is 88.6 Å². The summed E-state index contributed by atoms with van der Waals surface area (Å²) in [6.07, 6.45) is -15.0. The Labute approximate surface area is 874 Å². The number of rotatable bonds is 40. The van der Waals surface area contributed by atoms with Crippen molar-refractivity contribution in [2.24, 2.45) is 0 Å². The number of thioether (sulfide) groups is 4. The van der Waals surface area contributed by atoms with Gasteiger partial charge >= 0.3 is 0 Å². The van der Waals surface area contributed by atoms with Gasteiger partial charge in [0.05, 0.1) is 118 Å². The minimum atomic E-state index is -3.37. The quantitative estimate of drug-likeness (QED) is 0.00969. The number of aliphatic hydroxyl groups is 12. The number of aliphatic hydroxyl groups excluding tert-OH is 10. The van der Waals surface area contributed by atoms with Crippen LogP contribution in [-0.2, 0) is 18.9 Å². The molecule has 8 heterocycles. The predicted molar refractivity (Wildman–Crippen MR) is 530 cm³/mol. The van der Waals surface area contributed by atoms with Crippen LogP contribution in [0, 0.1) is 51.0 Å². The highest BCUT2D eigenvalue weighted by atomic mass is 32.2. The molecule has 0 bridgehead atoms. The SMILES string of the molecule is [2H]C([2H])(CC)Sc1nc(N[C@]2([2H])C[C@@]2([2H])c2ccc(C)c(F)c2)c2nnn([C@@H]3C[C@H](OCCO)[C@@H](O)[C@H]3O)c2n1.[2H]C([2H])(CO)O[C@H]1C[C@@H](n2nnc3c(N[C@]4([2H])C[C@@]4([2H])c4ccc(C)c(F)c4)nc(SC([2H])([2H])CC)nc32)[C@H](O)[C@@H]1O.[2H]C([2H])(O)C([2H])([2H])O[C@H]1C[C@@H](n2nnc3c(N[C@]4([2H])C[C@@]4([2H])c4ccc(C)c(F)c4)nc(SCCC)nc32)[C@H](O)[C@@H]1O.[2H]C([2H])(O)CO[C@H]1C[C@@H](n2nnc3c(N[C@]4([2H])C[C@@]4([2H])c4ccc(C)c(F)c4)nc(SC([2H])([2H])CC)nc32)[C@H](O)[C@@H]1O. The van der Waals surface area contributed by atoms with Crippen molar-refractivity contribution in [2.45, 2.75) is 298 Å². The molecule has 20 rings (SSSR count). The largest absolute Gasteiger partial charge is 0.394 e. The van der Waals surface area contributed by atoms with Gasteiger partial charge in [-0.05, 0) is 148 Å². The van der Waals surface area contributed by atoms with Crippen LogP contribution >= 0.6 is 47.0 Å². The number of fused-ring (bicyclic) bond motifs is 4. The zero-order valence-corrected chi connectivity index (χ0v) is 82.0. The van der Waals surface area contributed by atoms with Gasteiger partial charge in [0.2, 0.25) is 0 Å². The van der Waals surface area contributed by atoms with Crippen molar-refractivity contribution in [3.63, 3.8) is 0 Å². The summed E-state index contributed by atoms with van der Waals surface area (Å²) < 4.78 is 264. The lowest BCUT2D eigenvalue weighted by atomic mass is 10.1. The highest BCUT2D eigenvalue weighted by Crippen LogP contribution is 2.50. The normalized spacial score (nSPS) is 34.6. The number of hydrogen-bond donors (Lipinski definition) is 16. The molecule has 4 aromatic carbocycles. The molecule has 48 heteroatoms. The Morgan fingerprint density at radius 3 is 0.882 bits per heavy atom.